The van der Waals surface area contributed by atoms with Crippen LogP contribution in [0.3, 0.4) is 0 Å². The molecule has 2 heterocycles. The zero-order valence-electron chi connectivity index (χ0n) is 9.27. The number of pyridine rings is 1. The first kappa shape index (κ1) is 12.5. The highest BCUT2D eigenvalue weighted by molar-refractivity contribution is 9.10. The van der Waals surface area contributed by atoms with E-state index < -0.39 is 0 Å². The smallest absolute Gasteiger partial charge is 0.0908 e. The van der Waals surface area contributed by atoms with Gasteiger partial charge in [-0.15, -0.1) is 0 Å². The summed E-state index contributed by atoms with van der Waals surface area (Å²) in [5.41, 5.74) is 7.88. The number of hydrogen-bond donors (Lipinski definition) is 1. The first-order valence-corrected chi connectivity index (χ1v) is 6.38. The molecular formula is C11H12BrClN4. The maximum Gasteiger partial charge on any atom is 0.0908 e. The third-order valence-corrected chi connectivity index (χ3v) is 3.33. The summed E-state index contributed by atoms with van der Waals surface area (Å²) in [6.45, 7) is 2.78. The molecule has 0 amide bonds. The second-order valence-electron chi connectivity index (χ2n) is 3.57. The number of rotatable bonds is 3. The number of nitrogens with two attached hydrogens (primary N) is 1. The molecule has 90 valence electrons. The SMILES string of the molecule is CCn1ncc(Br)c1C(N)c1ccc(Cl)cn1. The van der Waals surface area contributed by atoms with Crippen molar-refractivity contribution in [3.05, 3.63) is 45.4 Å². The van der Waals surface area contributed by atoms with Crippen molar-refractivity contribution >= 4 is 27.5 Å². The van der Waals surface area contributed by atoms with E-state index >= 15 is 0 Å². The highest BCUT2D eigenvalue weighted by Crippen LogP contribution is 2.26. The first-order valence-electron chi connectivity index (χ1n) is 5.21. The topological polar surface area (TPSA) is 56.7 Å². The predicted octanol–water partition coefficient (Wildman–Crippen LogP) is 2.76. The molecule has 0 aliphatic carbocycles. The van der Waals surface area contributed by atoms with Gasteiger partial charge in [-0.2, -0.15) is 5.10 Å². The van der Waals surface area contributed by atoms with Crippen LogP contribution in [0.25, 0.3) is 0 Å². The van der Waals surface area contributed by atoms with E-state index in [1.807, 2.05) is 17.7 Å². The summed E-state index contributed by atoms with van der Waals surface area (Å²) in [6.07, 6.45) is 3.34. The lowest BCUT2D eigenvalue weighted by molar-refractivity contribution is 0.595. The normalized spacial score (nSPS) is 12.7. The molecule has 1 atom stereocenters. The second kappa shape index (κ2) is 5.16. The maximum absolute atomic E-state index is 6.19. The van der Waals surface area contributed by atoms with E-state index in [-0.39, 0.29) is 6.04 Å². The molecule has 1 unspecified atom stereocenters. The fourth-order valence-electron chi connectivity index (χ4n) is 1.64. The summed E-state index contributed by atoms with van der Waals surface area (Å²) in [5, 5.41) is 4.84. The van der Waals surface area contributed by atoms with E-state index in [9.17, 15) is 0 Å². The van der Waals surface area contributed by atoms with E-state index in [1.165, 1.54) is 0 Å². The number of halogens is 2. The predicted molar refractivity (Wildman–Crippen MR) is 70.9 cm³/mol. The third kappa shape index (κ3) is 2.51. The summed E-state index contributed by atoms with van der Waals surface area (Å²) in [5.74, 6) is 0. The van der Waals surface area contributed by atoms with Crippen molar-refractivity contribution < 1.29 is 0 Å². The Labute approximate surface area is 113 Å². The lowest BCUT2D eigenvalue weighted by Gasteiger charge is -2.13. The van der Waals surface area contributed by atoms with E-state index in [4.69, 9.17) is 17.3 Å². The molecule has 0 aliphatic heterocycles. The van der Waals surface area contributed by atoms with Crippen LogP contribution in [-0.2, 0) is 6.54 Å². The fourth-order valence-corrected chi connectivity index (χ4v) is 2.30. The van der Waals surface area contributed by atoms with E-state index in [1.54, 1.807) is 18.5 Å². The quantitative estimate of drug-likeness (QED) is 0.947. The summed E-state index contributed by atoms with van der Waals surface area (Å²) in [7, 11) is 0. The Hall–Kier alpha value is -0.910. The van der Waals surface area contributed by atoms with Gasteiger partial charge in [0.1, 0.15) is 0 Å². The van der Waals surface area contributed by atoms with Crippen LogP contribution in [-0.4, -0.2) is 14.8 Å². The van der Waals surface area contributed by atoms with Gasteiger partial charge in [-0.05, 0) is 35.0 Å². The van der Waals surface area contributed by atoms with Crippen molar-refractivity contribution in [3.63, 3.8) is 0 Å². The van der Waals surface area contributed by atoms with Gasteiger partial charge < -0.3 is 5.73 Å². The number of aromatic nitrogens is 3. The number of aryl methyl sites for hydroxylation is 1. The van der Waals surface area contributed by atoms with Crippen molar-refractivity contribution in [2.45, 2.75) is 19.5 Å². The van der Waals surface area contributed by atoms with E-state index in [0.29, 0.717) is 5.02 Å². The lowest BCUT2D eigenvalue weighted by Crippen LogP contribution is -2.18. The van der Waals surface area contributed by atoms with Crippen LogP contribution < -0.4 is 5.73 Å². The molecule has 0 aromatic carbocycles. The fraction of sp³-hybridized carbons (Fsp3) is 0.273. The van der Waals surface area contributed by atoms with Gasteiger partial charge in [0.05, 0.1) is 33.1 Å². The molecule has 2 aromatic rings. The van der Waals surface area contributed by atoms with Crippen molar-refractivity contribution in [1.29, 1.82) is 0 Å². The standard InChI is InChI=1S/C11H12BrClN4/c1-2-17-11(8(12)6-16-17)10(14)9-4-3-7(13)5-15-9/h3-6,10H,2,14H2,1H3. The maximum atomic E-state index is 6.19. The molecule has 2 rings (SSSR count). The first-order chi connectivity index (χ1) is 8.13. The molecule has 0 aliphatic rings. The van der Waals surface area contributed by atoms with Gasteiger partial charge >= 0.3 is 0 Å². The molecule has 17 heavy (non-hydrogen) atoms. The molecule has 4 nitrogen and oxygen atoms in total. The van der Waals surface area contributed by atoms with E-state index in [2.05, 4.69) is 26.0 Å². The van der Waals surface area contributed by atoms with Gasteiger partial charge in [-0.25, -0.2) is 0 Å². The molecule has 0 spiro atoms. The minimum atomic E-state index is -0.316. The van der Waals surface area contributed by atoms with Crippen LogP contribution in [0.1, 0.15) is 24.4 Å². The molecule has 0 fully saturated rings. The zero-order chi connectivity index (χ0) is 12.4. The Morgan fingerprint density at radius 3 is 2.82 bits per heavy atom. The second-order valence-corrected chi connectivity index (χ2v) is 4.86. The van der Waals surface area contributed by atoms with Gasteiger partial charge in [-0.1, -0.05) is 11.6 Å². The molecule has 0 saturated carbocycles. The summed E-state index contributed by atoms with van der Waals surface area (Å²) in [6, 6.07) is 3.29. The van der Waals surface area contributed by atoms with Gasteiger partial charge in [-0.3, -0.25) is 9.67 Å². The monoisotopic (exact) mass is 314 g/mol. The minimum Gasteiger partial charge on any atom is -0.318 e. The van der Waals surface area contributed by atoms with Crippen LogP contribution in [0.5, 0.6) is 0 Å². The molecule has 2 aromatic heterocycles. The van der Waals surface area contributed by atoms with Crippen LogP contribution >= 0.6 is 27.5 Å². The van der Waals surface area contributed by atoms with Gasteiger partial charge in [0, 0.05) is 12.7 Å². The average Bonchev–Trinajstić information content (AvgIpc) is 2.70. The summed E-state index contributed by atoms with van der Waals surface area (Å²) in [4.78, 5) is 4.23. The molecule has 2 N–H and O–H groups in total. The Kier molecular flexibility index (Phi) is 3.81. The van der Waals surface area contributed by atoms with Gasteiger partial charge in [0.25, 0.3) is 0 Å². The Bertz CT molecular complexity index is 509. The highest BCUT2D eigenvalue weighted by atomic mass is 79.9. The minimum absolute atomic E-state index is 0.316. The summed E-state index contributed by atoms with van der Waals surface area (Å²) < 4.78 is 2.74. The zero-order valence-corrected chi connectivity index (χ0v) is 11.6. The molecule has 0 radical (unpaired) electrons. The van der Waals surface area contributed by atoms with Crippen LogP contribution in [0, 0.1) is 0 Å². The largest absolute Gasteiger partial charge is 0.318 e. The number of nitrogens with zero attached hydrogens (tertiary/aromatic N) is 3. The van der Waals surface area contributed by atoms with Crippen molar-refractivity contribution in [2.24, 2.45) is 5.73 Å². The van der Waals surface area contributed by atoms with E-state index in [0.717, 1.165) is 22.4 Å². The highest BCUT2D eigenvalue weighted by Gasteiger charge is 2.18. The lowest BCUT2D eigenvalue weighted by atomic mass is 10.1. The Morgan fingerprint density at radius 1 is 1.47 bits per heavy atom. The van der Waals surface area contributed by atoms with Crippen LogP contribution in [0.4, 0.5) is 0 Å². The number of hydrogen-bond acceptors (Lipinski definition) is 3. The van der Waals surface area contributed by atoms with Gasteiger partial charge in [0.2, 0.25) is 0 Å². The molecule has 0 bridgehead atoms. The van der Waals surface area contributed by atoms with Gasteiger partial charge in [0.15, 0.2) is 0 Å². The molecular weight excluding hydrogens is 304 g/mol. The third-order valence-electron chi connectivity index (χ3n) is 2.50. The average molecular weight is 316 g/mol. The molecule has 6 heteroatoms. The van der Waals surface area contributed by atoms with Crippen molar-refractivity contribution in [1.82, 2.24) is 14.8 Å². The Balaban J connectivity index is 2.39. The van der Waals surface area contributed by atoms with Crippen molar-refractivity contribution in [2.75, 3.05) is 0 Å². The summed E-state index contributed by atoms with van der Waals surface area (Å²) >= 11 is 9.25. The Morgan fingerprint density at radius 2 is 2.24 bits per heavy atom. The van der Waals surface area contributed by atoms with Crippen molar-refractivity contribution in [3.8, 4) is 0 Å². The molecule has 0 saturated heterocycles. The van der Waals surface area contributed by atoms with Crippen LogP contribution in [0.15, 0.2) is 29.0 Å². The van der Waals surface area contributed by atoms with Crippen LogP contribution in [0.2, 0.25) is 5.02 Å².